The molecule has 0 atom stereocenters. The molecule has 0 unspecified atom stereocenters. The normalized spacial score (nSPS) is 9.73. The van der Waals surface area contributed by atoms with Crippen LogP contribution in [-0.4, -0.2) is 16.6 Å². The lowest BCUT2D eigenvalue weighted by atomic mass is 10.1. The first kappa shape index (κ1) is 11.6. The molecule has 0 aliphatic heterocycles. The molecule has 0 bridgehead atoms. The smallest absolute Gasteiger partial charge is 0.281 e. The average Bonchev–Trinajstić information content (AvgIpc) is 2.17. The summed E-state index contributed by atoms with van der Waals surface area (Å²) in [5.41, 5.74) is 1.18. The van der Waals surface area contributed by atoms with Crippen molar-refractivity contribution in [2.75, 3.05) is 6.61 Å². The standard InChI is InChI=1S/C10H11NO3S/c1-3-14-10(15)8-5-4-7(2)6-9(8)11(12)13/h4-6H,3H2,1-2H3. The van der Waals surface area contributed by atoms with Crippen LogP contribution in [0, 0.1) is 17.0 Å². The van der Waals surface area contributed by atoms with Gasteiger partial charge in [0.2, 0.25) is 0 Å². The third-order valence-corrected chi connectivity index (χ3v) is 2.18. The quantitative estimate of drug-likeness (QED) is 0.451. The van der Waals surface area contributed by atoms with Crippen LogP contribution in [0.1, 0.15) is 18.1 Å². The molecule has 80 valence electrons. The Hall–Kier alpha value is -1.49. The van der Waals surface area contributed by atoms with Gasteiger partial charge in [0.15, 0.2) is 5.05 Å². The molecule has 0 aliphatic rings. The van der Waals surface area contributed by atoms with E-state index in [-0.39, 0.29) is 10.7 Å². The molecule has 5 heteroatoms. The zero-order valence-corrected chi connectivity index (χ0v) is 9.34. The van der Waals surface area contributed by atoms with E-state index < -0.39 is 4.92 Å². The molecular weight excluding hydrogens is 214 g/mol. The van der Waals surface area contributed by atoms with Crippen molar-refractivity contribution in [2.24, 2.45) is 0 Å². The molecule has 1 aromatic rings. The second kappa shape index (κ2) is 4.84. The fraction of sp³-hybridized carbons (Fsp3) is 0.300. The third kappa shape index (κ3) is 2.73. The van der Waals surface area contributed by atoms with Crippen molar-refractivity contribution in [1.29, 1.82) is 0 Å². The molecule has 0 radical (unpaired) electrons. The van der Waals surface area contributed by atoms with Gasteiger partial charge in [-0.3, -0.25) is 10.1 Å². The van der Waals surface area contributed by atoms with Crippen LogP contribution in [-0.2, 0) is 4.74 Å². The van der Waals surface area contributed by atoms with E-state index in [0.29, 0.717) is 12.2 Å². The topological polar surface area (TPSA) is 52.4 Å². The van der Waals surface area contributed by atoms with Gasteiger partial charge in [0.25, 0.3) is 5.69 Å². The van der Waals surface area contributed by atoms with Crippen molar-refractivity contribution < 1.29 is 9.66 Å². The van der Waals surface area contributed by atoms with Gasteiger partial charge in [-0.2, -0.15) is 0 Å². The molecule has 0 saturated heterocycles. The second-order valence-electron chi connectivity index (χ2n) is 3.00. The number of ether oxygens (including phenoxy) is 1. The minimum absolute atomic E-state index is 0.00606. The summed E-state index contributed by atoms with van der Waals surface area (Å²) < 4.78 is 5.09. The molecule has 0 aromatic heterocycles. The van der Waals surface area contributed by atoms with Crippen molar-refractivity contribution in [3.63, 3.8) is 0 Å². The highest BCUT2D eigenvalue weighted by Gasteiger charge is 2.17. The summed E-state index contributed by atoms with van der Waals surface area (Å²) in [5.74, 6) is 0. The van der Waals surface area contributed by atoms with E-state index in [1.54, 1.807) is 26.0 Å². The van der Waals surface area contributed by atoms with E-state index >= 15 is 0 Å². The largest absolute Gasteiger partial charge is 0.483 e. The van der Waals surface area contributed by atoms with Gasteiger partial charge >= 0.3 is 0 Å². The molecule has 0 aliphatic carbocycles. The number of nitrogens with zero attached hydrogens (tertiary/aromatic N) is 1. The average molecular weight is 225 g/mol. The molecule has 1 aromatic carbocycles. The summed E-state index contributed by atoms with van der Waals surface area (Å²) in [6, 6.07) is 4.87. The Morgan fingerprint density at radius 1 is 1.60 bits per heavy atom. The van der Waals surface area contributed by atoms with E-state index in [4.69, 9.17) is 17.0 Å². The first-order chi connectivity index (χ1) is 7.06. The minimum atomic E-state index is -0.451. The molecule has 0 fully saturated rings. The Kier molecular flexibility index (Phi) is 3.74. The highest BCUT2D eigenvalue weighted by atomic mass is 32.1. The zero-order chi connectivity index (χ0) is 11.4. The predicted octanol–water partition coefficient (Wildman–Crippen LogP) is 2.62. The zero-order valence-electron chi connectivity index (χ0n) is 8.52. The number of nitro groups is 1. The number of hydrogen-bond acceptors (Lipinski definition) is 4. The van der Waals surface area contributed by atoms with Gasteiger partial charge in [0.05, 0.1) is 11.5 Å². The monoisotopic (exact) mass is 225 g/mol. The summed E-state index contributed by atoms with van der Waals surface area (Å²) in [5, 5.41) is 10.9. The number of nitro benzene ring substituents is 1. The lowest BCUT2D eigenvalue weighted by molar-refractivity contribution is -0.385. The fourth-order valence-electron chi connectivity index (χ4n) is 1.17. The highest BCUT2D eigenvalue weighted by molar-refractivity contribution is 7.80. The molecule has 15 heavy (non-hydrogen) atoms. The molecule has 0 amide bonds. The van der Waals surface area contributed by atoms with Gasteiger partial charge in [-0.25, -0.2) is 0 Å². The Morgan fingerprint density at radius 3 is 2.80 bits per heavy atom. The lowest BCUT2D eigenvalue weighted by Gasteiger charge is -2.05. The van der Waals surface area contributed by atoms with Gasteiger partial charge < -0.3 is 4.74 Å². The number of benzene rings is 1. The van der Waals surface area contributed by atoms with Crippen LogP contribution >= 0.6 is 12.2 Å². The first-order valence-electron chi connectivity index (χ1n) is 4.48. The fourth-order valence-corrected chi connectivity index (χ4v) is 1.46. The molecule has 1 rings (SSSR count). The van der Waals surface area contributed by atoms with Gasteiger partial charge in [-0.15, -0.1) is 0 Å². The lowest BCUT2D eigenvalue weighted by Crippen LogP contribution is -2.06. The molecule has 4 nitrogen and oxygen atoms in total. The van der Waals surface area contributed by atoms with Crippen LogP contribution in [0.15, 0.2) is 18.2 Å². The van der Waals surface area contributed by atoms with E-state index in [9.17, 15) is 10.1 Å². The number of thiocarbonyl (C=S) groups is 1. The minimum Gasteiger partial charge on any atom is -0.483 e. The van der Waals surface area contributed by atoms with Crippen LogP contribution in [0.2, 0.25) is 0 Å². The Morgan fingerprint density at radius 2 is 2.27 bits per heavy atom. The molecular formula is C10H11NO3S. The number of aryl methyl sites for hydroxylation is 1. The van der Waals surface area contributed by atoms with Crippen molar-refractivity contribution in [2.45, 2.75) is 13.8 Å². The maximum atomic E-state index is 10.8. The van der Waals surface area contributed by atoms with Crippen LogP contribution < -0.4 is 0 Å². The highest BCUT2D eigenvalue weighted by Crippen LogP contribution is 2.21. The van der Waals surface area contributed by atoms with E-state index in [1.165, 1.54) is 6.07 Å². The number of rotatable bonds is 3. The summed E-state index contributed by atoms with van der Waals surface area (Å²) in [7, 11) is 0. The maximum Gasteiger partial charge on any atom is 0.281 e. The van der Waals surface area contributed by atoms with Gasteiger partial charge in [0.1, 0.15) is 5.56 Å². The van der Waals surface area contributed by atoms with Crippen molar-refractivity contribution in [3.8, 4) is 0 Å². The van der Waals surface area contributed by atoms with Crippen molar-refractivity contribution in [3.05, 3.63) is 39.4 Å². The third-order valence-electron chi connectivity index (χ3n) is 1.85. The van der Waals surface area contributed by atoms with E-state index in [1.807, 2.05) is 0 Å². The molecule has 0 heterocycles. The number of hydrogen-bond donors (Lipinski definition) is 0. The van der Waals surface area contributed by atoms with Gasteiger partial charge in [-0.1, -0.05) is 6.07 Å². The molecule has 0 spiro atoms. The van der Waals surface area contributed by atoms with Gasteiger partial charge in [-0.05, 0) is 37.7 Å². The Balaban J connectivity index is 3.17. The van der Waals surface area contributed by atoms with Crippen LogP contribution in [0.3, 0.4) is 0 Å². The second-order valence-corrected chi connectivity index (χ2v) is 3.37. The van der Waals surface area contributed by atoms with Crippen molar-refractivity contribution in [1.82, 2.24) is 0 Å². The van der Waals surface area contributed by atoms with E-state index in [0.717, 1.165) is 5.56 Å². The summed E-state index contributed by atoms with van der Waals surface area (Å²) in [4.78, 5) is 10.3. The Bertz CT molecular complexity index is 404. The van der Waals surface area contributed by atoms with Crippen LogP contribution in [0.4, 0.5) is 5.69 Å². The Labute approximate surface area is 93.0 Å². The summed E-state index contributed by atoms with van der Waals surface area (Å²) in [6.07, 6.45) is 0. The van der Waals surface area contributed by atoms with E-state index in [2.05, 4.69) is 0 Å². The van der Waals surface area contributed by atoms with Crippen LogP contribution in [0.25, 0.3) is 0 Å². The van der Waals surface area contributed by atoms with Crippen LogP contribution in [0.5, 0.6) is 0 Å². The van der Waals surface area contributed by atoms with Crippen molar-refractivity contribution >= 4 is 23.0 Å². The summed E-state index contributed by atoms with van der Waals surface area (Å²) in [6.45, 7) is 3.98. The first-order valence-corrected chi connectivity index (χ1v) is 4.89. The van der Waals surface area contributed by atoms with Gasteiger partial charge in [0, 0.05) is 6.07 Å². The summed E-state index contributed by atoms with van der Waals surface area (Å²) >= 11 is 4.94. The molecule has 0 saturated carbocycles. The predicted molar refractivity (Wildman–Crippen MR) is 61.2 cm³/mol. The molecule has 0 N–H and O–H groups in total. The maximum absolute atomic E-state index is 10.8. The SMILES string of the molecule is CCOC(=S)c1ccc(C)cc1[N+](=O)[O-].